The summed E-state index contributed by atoms with van der Waals surface area (Å²) in [7, 11) is 0. The number of aromatic nitrogens is 6. The molecule has 0 saturated carbocycles. The number of nitrogens with one attached hydrogen (secondary N) is 2. The summed E-state index contributed by atoms with van der Waals surface area (Å²) >= 11 is 0. The Hall–Kier alpha value is -4.88. The molecule has 1 aliphatic heterocycles. The topological polar surface area (TPSA) is 86.4 Å². The van der Waals surface area contributed by atoms with Gasteiger partial charge in [0.05, 0.1) is 50.8 Å². The van der Waals surface area contributed by atoms with E-state index >= 15 is 0 Å². The second kappa shape index (κ2) is 9.94. The summed E-state index contributed by atoms with van der Waals surface area (Å²) < 4.78 is 0. The van der Waals surface area contributed by atoms with Gasteiger partial charge in [-0.25, -0.2) is 19.9 Å². The number of hydrogen-bond acceptors (Lipinski definition) is 5. The average molecular weight is 536 g/mol. The molecule has 4 aromatic carbocycles. The number of para-hydroxylation sites is 2. The van der Waals surface area contributed by atoms with Gasteiger partial charge in [-0.05, 0) is 55.8 Å². The Kier molecular flexibility index (Phi) is 5.81. The van der Waals surface area contributed by atoms with Crippen LogP contribution in [0.15, 0.2) is 97.3 Å². The Balaban J connectivity index is 1.03. The second-order valence-electron chi connectivity index (χ2n) is 10.9. The standard InChI is InChI=1S/C34H29N7/c1-2-6-23(7-3-1)32-33(38-31-19-29-28(35-21-36-29)18-30(31)37-32)24-12-10-22(11-13-24)20-41-16-14-25(15-17-41)34-39-26-8-4-5-9-27(26)40-34/h1-13,18-19,21,25H,14-17,20H2,(H,35,36)(H,39,40). The van der Waals surface area contributed by atoms with Gasteiger partial charge in [0.25, 0.3) is 0 Å². The van der Waals surface area contributed by atoms with Crippen LogP contribution in [0.5, 0.6) is 0 Å². The zero-order chi connectivity index (χ0) is 27.2. The third-order valence-corrected chi connectivity index (χ3v) is 8.27. The van der Waals surface area contributed by atoms with Gasteiger partial charge in [-0.15, -0.1) is 0 Å². The van der Waals surface area contributed by atoms with Crippen LogP contribution < -0.4 is 0 Å². The van der Waals surface area contributed by atoms with Gasteiger partial charge in [0, 0.05) is 23.6 Å². The Morgan fingerprint density at radius 3 is 2.15 bits per heavy atom. The lowest BCUT2D eigenvalue weighted by molar-refractivity contribution is 0.202. The molecule has 2 N–H and O–H groups in total. The normalized spacial score (nSPS) is 14.8. The van der Waals surface area contributed by atoms with Crippen LogP contribution in [0, 0.1) is 0 Å². The van der Waals surface area contributed by atoms with Crippen LogP contribution in [-0.2, 0) is 6.54 Å². The Morgan fingerprint density at radius 2 is 1.37 bits per heavy atom. The minimum atomic E-state index is 0.493. The van der Waals surface area contributed by atoms with E-state index in [1.165, 1.54) is 5.56 Å². The van der Waals surface area contributed by atoms with E-state index in [1.54, 1.807) is 6.33 Å². The molecule has 1 fully saturated rings. The highest BCUT2D eigenvalue weighted by Crippen LogP contribution is 2.33. The SMILES string of the molecule is c1ccc(-c2nc3cc4nc[nH]c4cc3nc2-c2ccc(CN3CCC(c4nc5ccccc5[nH]4)CC3)cc2)cc1. The van der Waals surface area contributed by atoms with E-state index in [-0.39, 0.29) is 0 Å². The largest absolute Gasteiger partial charge is 0.345 e. The summed E-state index contributed by atoms with van der Waals surface area (Å²) in [5.41, 5.74) is 10.9. The predicted octanol–water partition coefficient (Wildman–Crippen LogP) is 7.10. The van der Waals surface area contributed by atoms with Gasteiger partial charge in [-0.3, -0.25) is 4.90 Å². The first-order valence-electron chi connectivity index (χ1n) is 14.2. The molecule has 7 nitrogen and oxygen atoms in total. The molecule has 0 atom stereocenters. The van der Waals surface area contributed by atoms with Crippen LogP contribution in [0.3, 0.4) is 0 Å². The van der Waals surface area contributed by atoms with E-state index in [0.717, 1.165) is 93.9 Å². The summed E-state index contributed by atoms with van der Waals surface area (Å²) in [5.74, 6) is 1.63. The molecule has 0 unspecified atom stereocenters. The number of rotatable bonds is 5. The molecule has 7 heteroatoms. The molecule has 3 aromatic heterocycles. The van der Waals surface area contributed by atoms with Crippen LogP contribution >= 0.6 is 0 Å². The maximum Gasteiger partial charge on any atom is 0.110 e. The molecule has 200 valence electrons. The van der Waals surface area contributed by atoms with Crippen LogP contribution in [-0.4, -0.2) is 47.9 Å². The third kappa shape index (κ3) is 4.54. The molecule has 8 rings (SSSR count). The lowest BCUT2D eigenvalue weighted by atomic mass is 9.95. The quantitative estimate of drug-likeness (QED) is 0.246. The number of H-pyrrole nitrogens is 2. The molecule has 1 saturated heterocycles. The van der Waals surface area contributed by atoms with Gasteiger partial charge in [-0.2, -0.15) is 0 Å². The summed E-state index contributed by atoms with van der Waals surface area (Å²) in [6.45, 7) is 3.08. The first-order valence-corrected chi connectivity index (χ1v) is 14.2. The van der Waals surface area contributed by atoms with Crippen molar-refractivity contribution in [1.82, 2.24) is 34.8 Å². The smallest absolute Gasteiger partial charge is 0.110 e. The van der Waals surface area contributed by atoms with Crippen molar-refractivity contribution in [2.45, 2.75) is 25.3 Å². The average Bonchev–Trinajstić information content (AvgIpc) is 3.67. The van der Waals surface area contributed by atoms with Crippen LogP contribution in [0.1, 0.15) is 30.1 Å². The molecule has 41 heavy (non-hydrogen) atoms. The number of hydrogen-bond donors (Lipinski definition) is 2. The van der Waals surface area contributed by atoms with Crippen molar-refractivity contribution in [3.8, 4) is 22.5 Å². The number of nitrogens with zero attached hydrogens (tertiary/aromatic N) is 5. The number of benzene rings is 4. The molecular formula is C34H29N7. The fourth-order valence-electron chi connectivity index (χ4n) is 6.04. The van der Waals surface area contributed by atoms with Crippen molar-refractivity contribution in [2.24, 2.45) is 0 Å². The van der Waals surface area contributed by atoms with Crippen molar-refractivity contribution in [2.75, 3.05) is 13.1 Å². The van der Waals surface area contributed by atoms with Crippen molar-refractivity contribution < 1.29 is 0 Å². The molecular weight excluding hydrogens is 506 g/mol. The summed E-state index contributed by atoms with van der Waals surface area (Å²) in [6, 6.07) is 31.5. The molecule has 0 amide bonds. The van der Waals surface area contributed by atoms with Crippen molar-refractivity contribution in [3.05, 3.63) is 109 Å². The highest BCUT2D eigenvalue weighted by atomic mass is 15.1. The summed E-state index contributed by atoms with van der Waals surface area (Å²) in [4.78, 5) is 28.7. The molecule has 0 bridgehead atoms. The monoisotopic (exact) mass is 535 g/mol. The predicted molar refractivity (Wildman–Crippen MR) is 163 cm³/mol. The van der Waals surface area contributed by atoms with E-state index in [0.29, 0.717) is 5.92 Å². The molecule has 7 aromatic rings. The fraction of sp³-hybridized carbons (Fsp3) is 0.176. The second-order valence-corrected chi connectivity index (χ2v) is 10.9. The Morgan fingerprint density at radius 1 is 0.659 bits per heavy atom. The van der Waals surface area contributed by atoms with Crippen LogP contribution in [0.2, 0.25) is 0 Å². The number of likely N-dealkylation sites (tertiary alicyclic amines) is 1. The van der Waals surface area contributed by atoms with Crippen LogP contribution in [0.25, 0.3) is 55.6 Å². The van der Waals surface area contributed by atoms with Gasteiger partial charge >= 0.3 is 0 Å². The third-order valence-electron chi connectivity index (χ3n) is 8.27. The number of piperidine rings is 1. The maximum atomic E-state index is 5.12. The Labute approximate surface area is 237 Å². The minimum Gasteiger partial charge on any atom is -0.345 e. The first-order chi connectivity index (χ1) is 20.3. The zero-order valence-corrected chi connectivity index (χ0v) is 22.6. The number of aromatic amines is 2. The lowest BCUT2D eigenvalue weighted by Gasteiger charge is -2.31. The number of imidazole rings is 2. The Bertz CT molecular complexity index is 1950. The minimum absolute atomic E-state index is 0.493. The van der Waals surface area contributed by atoms with Gasteiger partial charge in [-0.1, -0.05) is 66.7 Å². The van der Waals surface area contributed by atoms with Crippen molar-refractivity contribution in [1.29, 1.82) is 0 Å². The molecule has 0 spiro atoms. The van der Waals surface area contributed by atoms with Crippen molar-refractivity contribution in [3.63, 3.8) is 0 Å². The zero-order valence-electron chi connectivity index (χ0n) is 22.6. The molecule has 0 radical (unpaired) electrons. The highest BCUT2D eigenvalue weighted by Gasteiger charge is 2.23. The van der Waals surface area contributed by atoms with Crippen molar-refractivity contribution >= 4 is 33.1 Å². The summed E-state index contributed by atoms with van der Waals surface area (Å²) in [5, 5.41) is 0. The van der Waals surface area contributed by atoms with Gasteiger partial charge in [0.2, 0.25) is 0 Å². The van der Waals surface area contributed by atoms with E-state index in [1.807, 2.05) is 36.4 Å². The van der Waals surface area contributed by atoms with Gasteiger partial charge < -0.3 is 9.97 Å². The first kappa shape index (κ1) is 24.0. The fourth-order valence-corrected chi connectivity index (χ4v) is 6.04. The number of fused-ring (bicyclic) bond motifs is 3. The van der Waals surface area contributed by atoms with Gasteiger partial charge in [0.15, 0.2) is 0 Å². The van der Waals surface area contributed by atoms with E-state index in [2.05, 4.69) is 74.4 Å². The molecule has 0 aliphatic carbocycles. The lowest BCUT2D eigenvalue weighted by Crippen LogP contribution is -2.32. The van der Waals surface area contributed by atoms with E-state index in [9.17, 15) is 0 Å². The highest BCUT2D eigenvalue weighted by molar-refractivity contribution is 5.94. The van der Waals surface area contributed by atoms with E-state index in [4.69, 9.17) is 15.0 Å². The van der Waals surface area contributed by atoms with E-state index < -0.39 is 0 Å². The molecule has 1 aliphatic rings. The van der Waals surface area contributed by atoms with Crippen LogP contribution in [0.4, 0.5) is 0 Å². The molecule has 4 heterocycles. The maximum absolute atomic E-state index is 5.12. The van der Waals surface area contributed by atoms with Gasteiger partial charge in [0.1, 0.15) is 5.82 Å². The summed E-state index contributed by atoms with van der Waals surface area (Å²) in [6.07, 6.45) is 3.95.